The van der Waals surface area contributed by atoms with E-state index in [1.807, 2.05) is 0 Å². The number of hydrogen-bond donors (Lipinski definition) is 3. The third-order valence-electron chi connectivity index (χ3n) is 6.14. The van der Waals surface area contributed by atoms with E-state index >= 15 is 0 Å². The Hall–Kier alpha value is -3.40. The van der Waals surface area contributed by atoms with Gasteiger partial charge in [-0.05, 0) is 32.9 Å². The predicted octanol–water partition coefficient (Wildman–Crippen LogP) is 2.84. The van der Waals surface area contributed by atoms with Crippen LogP contribution < -0.4 is 15.8 Å². The summed E-state index contributed by atoms with van der Waals surface area (Å²) in [6.07, 6.45) is -3.23. The number of halogens is 1. The van der Waals surface area contributed by atoms with E-state index in [0.29, 0.717) is 0 Å². The summed E-state index contributed by atoms with van der Waals surface area (Å²) in [6, 6.07) is 8.33. The zero-order chi connectivity index (χ0) is 29.9. The molecule has 3 heterocycles. The molecule has 4 N–H and O–H groups in total. The van der Waals surface area contributed by atoms with Crippen molar-refractivity contribution in [2.75, 3.05) is 18.5 Å². The Morgan fingerprint density at radius 1 is 1.34 bits per heavy atom. The number of hydrogen-bond acceptors (Lipinski definition) is 11. The number of nitrogen functional groups attached to an aromatic ring is 1. The van der Waals surface area contributed by atoms with E-state index in [1.165, 1.54) is 17.8 Å². The summed E-state index contributed by atoms with van der Waals surface area (Å²) < 4.78 is 38.2. The number of imidazole rings is 1. The number of rotatable bonds is 10. The highest BCUT2D eigenvalue weighted by Gasteiger charge is 2.56. The fraction of sp³-hybridized carbons (Fsp3) is 0.462. The van der Waals surface area contributed by atoms with Crippen molar-refractivity contribution in [1.82, 2.24) is 19.5 Å². The number of fused-ring (bicyclic) bond motifs is 1. The van der Waals surface area contributed by atoms with Crippen molar-refractivity contribution in [3.63, 3.8) is 0 Å². The van der Waals surface area contributed by atoms with Crippen LogP contribution in [0.5, 0.6) is 5.75 Å². The highest BCUT2D eigenvalue weighted by Crippen LogP contribution is 2.52. The number of nitrogens with one attached hydrogen (secondary N) is 1. The second-order valence-corrected chi connectivity index (χ2v) is 12.4. The van der Waals surface area contributed by atoms with Gasteiger partial charge in [0.2, 0.25) is 5.95 Å². The molecule has 0 bridgehead atoms. The van der Waals surface area contributed by atoms with Crippen molar-refractivity contribution in [2.24, 2.45) is 5.92 Å². The van der Waals surface area contributed by atoms with E-state index < -0.39 is 55.0 Å². The highest BCUT2D eigenvalue weighted by atomic mass is 35.5. The SMILES string of the molecule is CC#CC1(Cl)[C@@H](O)[C@@H](CO[P@@](=O)(C[C@@H](C)C(=O)OC(C)C)Oc2ccccc2)O[C@H]1n1cnc2c(=O)[nH]c(N)nc21. The fourth-order valence-corrected chi connectivity index (χ4v) is 6.56. The fourth-order valence-electron chi connectivity index (χ4n) is 4.30. The zero-order valence-electron chi connectivity index (χ0n) is 22.8. The van der Waals surface area contributed by atoms with Crippen LogP contribution >= 0.6 is 19.2 Å². The monoisotopic (exact) mass is 607 g/mol. The van der Waals surface area contributed by atoms with Crippen molar-refractivity contribution in [3.8, 4) is 17.6 Å². The molecule has 15 heteroatoms. The molecule has 41 heavy (non-hydrogen) atoms. The number of nitrogens with zero attached hydrogens (tertiary/aromatic N) is 3. The van der Waals surface area contributed by atoms with E-state index in [-0.39, 0.29) is 35.1 Å². The number of aliphatic hydroxyl groups excluding tert-OH is 1. The third kappa shape index (κ3) is 6.58. The normalized spacial score (nSPS) is 24.4. The number of esters is 1. The molecular weight excluding hydrogens is 577 g/mol. The van der Waals surface area contributed by atoms with Crippen LogP contribution in [0, 0.1) is 17.8 Å². The maximum absolute atomic E-state index is 14.0. The number of aromatic amines is 1. The van der Waals surface area contributed by atoms with Gasteiger partial charge in [0.1, 0.15) is 18.0 Å². The molecule has 1 fully saturated rings. The average Bonchev–Trinajstić information content (AvgIpc) is 3.42. The number of ether oxygens (including phenoxy) is 2. The Kier molecular flexibility index (Phi) is 9.11. The number of alkyl halides is 1. The largest absolute Gasteiger partial charge is 0.463 e. The smallest absolute Gasteiger partial charge is 0.380 e. The van der Waals surface area contributed by atoms with Crippen molar-refractivity contribution in [1.29, 1.82) is 0 Å². The van der Waals surface area contributed by atoms with Crippen LogP contribution in [-0.2, 0) is 23.4 Å². The third-order valence-corrected chi connectivity index (χ3v) is 8.67. The molecule has 1 unspecified atom stereocenters. The molecule has 6 atom stereocenters. The van der Waals surface area contributed by atoms with Crippen LogP contribution in [0.3, 0.4) is 0 Å². The molecule has 4 rings (SSSR count). The standard InChI is InChI=1S/C26H31ClN5O8P/c1-5-11-26(27)20(33)18(39-24(26)32-14-29-19-21(32)30-25(28)31-22(19)34)12-37-41(36,40-17-9-7-6-8-10-17)13-16(4)23(35)38-15(2)3/h6-10,14-16,18,20,24,33H,12-13H2,1-4H3,(H3,28,30,31,34)/t16-,18-,20+,24-,26?,41+/m1/s1. The molecule has 0 spiro atoms. The number of H-pyrrole nitrogens is 1. The van der Waals surface area contributed by atoms with Gasteiger partial charge in [0, 0.05) is 0 Å². The summed E-state index contributed by atoms with van der Waals surface area (Å²) in [5.74, 6) is 4.15. The van der Waals surface area contributed by atoms with Crippen LogP contribution in [0.4, 0.5) is 5.95 Å². The van der Waals surface area contributed by atoms with Gasteiger partial charge in [-0.2, -0.15) is 4.98 Å². The molecule has 0 aliphatic carbocycles. The molecule has 1 aliphatic rings. The van der Waals surface area contributed by atoms with E-state index in [1.54, 1.807) is 51.1 Å². The van der Waals surface area contributed by atoms with Gasteiger partial charge in [-0.1, -0.05) is 42.6 Å². The van der Waals surface area contributed by atoms with Gasteiger partial charge in [0.25, 0.3) is 5.56 Å². The Morgan fingerprint density at radius 2 is 2.05 bits per heavy atom. The zero-order valence-corrected chi connectivity index (χ0v) is 24.5. The first kappa shape index (κ1) is 30.6. The lowest BCUT2D eigenvalue weighted by molar-refractivity contribution is -0.151. The minimum absolute atomic E-state index is 0.0245. The van der Waals surface area contributed by atoms with Gasteiger partial charge >= 0.3 is 13.6 Å². The summed E-state index contributed by atoms with van der Waals surface area (Å²) in [7, 11) is -4.03. The lowest BCUT2D eigenvalue weighted by Crippen LogP contribution is -2.41. The minimum atomic E-state index is -4.03. The van der Waals surface area contributed by atoms with E-state index in [2.05, 4.69) is 26.8 Å². The summed E-state index contributed by atoms with van der Waals surface area (Å²) in [4.78, 5) is 33.6. The first-order chi connectivity index (χ1) is 19.4. The minimum Gasteiger partial charge on any atom is -0.463 e. The lowest BCUT2D eigenvalue weighted by atomic mass is 9.99. The first-order valence-corrected chi connectivity index (χ1v) is 14.8. The Balaban J connectivity index is 1.62. The van der Waals surface area contributed by atoms with Crippen LogP contribution in [-0.4, -0.2) is 66.5 Å². The Morgan fingerprint density at radius 3 is 2.71 bits per heavy atom. The highest BCUT2D eigenvalue weighted by molar-refractivity contribution is 7.54. The molecule has 3 aromatic rings. The topological polar surface area (TPSA) is 181 Å². The molecule has 1 saturated heterocycles. The predicted molar refractivity (Wildman–Crippen MR) is 150 cm³/mol. The number of carbonyl (C=O) groups excluding carboxylic acids is 1. The number of carbonyl (C=O) groups is 1. The molecule has 2 aromatic heterocycles. The molecule has 13 nitrogen and oxygen atoms in total. The number of nitrogens with two attached hydrogens (primary N) is 1. The second kappa shape index (κ2) is 12.2. The van der Waals surface area contributed by atoms with Gasteiger partial charge in [0.05, 0.1) is 31.1 Å². The maximum atomic E-state index is 14.0. The molecular formula is C26H31ClN5O8P. The van der Waals surface area contributed by atoms with E-state index in [9.17, 15) is 19.3 Å². The molecule has 220 valence electrons. The summed E-state index contributed by atoms with van der Waals surface area (Å²) in [6.45, 7) is 6.05. The number of aliphatic hydroxyl groups is 1. The number of para-hydroxylation sites is 1. The number of aromatic nitrogens is 4. The molecule has 1 aliphatic heterocycles. The molecule has 0 saturated carbocycles. The van der Waals surface area contributed by atoms with Crippen molar-refractivity contribution in [3.05, 3.63) is 47.0 Å². The van der Waals surface area contributed by atoms with Crippen molar-refractivity contribution < 1.29 is 33.0 Å². The average molecular weight is 608 g/mol. The van der Waals surface area contributed by atoms with Crippen molar-refractivity contribution in [2.45, 2.75) is 57.1 Å². The Bertz CT molecular complexity index is 1570. The van der Waals surface area contributed by atoms with Gasteiger partial charge in [0.15, 0.2) is 22.3 Å². The van der Waals surface area contributed by atoms with Crippen LogP contribution in [0.25, 0.3) is 11.2 Å². The van der Waals surface area contributed by atoms with Crippen LogP contribution in [0.15, 0.2) is 41.5 Å². The summed E-state index contributed by atoms with van der Waals surface area (Å²) >= 11 is 6.85. The second-order valence-electron chi connectivity index (χ2n) is 9.77. The number of benzene rings is 1. The summed E-state index contributed by atoms with van der Waals surface area (Å²) in [5, 5.41) is 11.3. The van der Waals surface area contributed by atoms with Crippen LogP contribution in [0.1, 0.15) is 33.9 Å². The number of anilines is 1. The molecule has 1 aromatic carbocycles. The Labute approximate surface area is 240 Å². The van der Waals surface area contributed by atoms with E-state index in [4.69, 9.17) is 35.9 Å². The lowest BCUT2D eigenvalue weighted by Gasteiger charge is -2.25. The molecule has 0 amide bonds. The van der Waals surface area contributed by atoms with E-state index in [0.717, 1.165) is 0 Å². The van der Waals surface area contributed by atoms with Crippen LogP contribution in [0.2, 0.25) is 0 Å². The summed E-state index contributed by atoms with van der Waals surface area (Å²) in [5.41, 5.74) is 5.18. The maximum Gasteiger partial charge on any atom is 0.380 e. The van der Waals surface area contributed by atoms with Gasteiger partial charge in [-0.15, -0.1) is 5.92 Å². The quantitative estimate of drug-likeness (QED) is 0.133. The molecule has 0 radical (unpaired) electrons. The van der Waals surface area contributed by atoms with Gasteiger partial charge in [-0.25, -0.2) is 9.55 Å². The first-order valence-electron chi connectivity index (χ1n) is 12.7. The van der Waals surface area contributed by atoms with Gasteiger partial charge in [-0.3, -0.25) is 23.7 Å². The van der Waals surface area contributed by atoms with Crippen molar-refractivity contribution >= 4 is 42.3 Å². The van der Waals surface area contributed by atoms with Gasteiger partial charge < -0.3 is 24.8 Å².